The maximum Gasteiger partial charge on any atom is 0.326 e. The van der Waals surface area contributed by atoms with Crippen LogP contribution in [0, 0.1) is 0 Å². The fraction of sp³-hybridized carbons (Fsp3) is 0.562. The van der Waals surface area contributed by atoms with Gasteiger partial charge in [0.2, 0.25) is 5.91 Å². The average Bonchev–Trinajstić information content (AvgIpc) is 3.12. The van der Waals surface area contributed by atoms with E-state index in [2.05, 4.69) is 10.6 Å². The van der Waals surface area contributed by atoms with Crippen LogP contribution in [-0.2, 0) is 21.5 Å². The van der Waals surface area contributed by atoms with Crippen molar-refractivity contribution in [1.82, 2.24) is 15.5 Å². The van der Waals surface area contributed by atoms with Gasteiger partial charge in [-0.25, -0.2) is 9.69 Å². The summed E-state index contributed by atoms with van der Waals surface area (Å²) < 4.78 is 0. The predicted octanol–water partition coefficient (Wildman–Crippen LogP) is 1.50. The van der Waals surface area contributed by atoms with E-state index in [0.717, 1.165) is 41.0 Å². The minimum absolute atomic E-state index is 0.206. The van der Waals surface area contributed by atoms with Gasteiger partial charge in [-0.3, -0.25) is 9.59 Å². The summed E-state index contributed by atoms with van der Waals surface area (Å²) in [6, 6.07) is 0.882. The first kappa shape index (κ1) is 14.7. The predicted molar refractivity (Wildman–Crippen MR) is 84.9 cm³/mol. The van der Waals surface area contributed by atoms with Crippen LogP contribution in [0.4, 0.5) is 4.79 Å². The molecular weight excluding hydrogens is 314 g/mol. The normalized spacial score (nSPS) is 27.8. The molecule has 2 heterocycles. The number of rotatable bonds is 3. The third-order valence-electron chi connectivity index (χ3n) is 4.97. The quantitative estimate of drug-likeness (QED) is 0.823. The molecule has 2 unspecified atom stereocenters. The van der Waals surface area contributed by atoms with Gasteiger partial charge in [0.15, 0.2) is 0 Å². The van der Waals surface area contributed by atoms with Crippen molar-refractivity contribution >= 4 is 29.2 Å². The number of nitrogens with zero attached hydrogens (tertiary/aromatic N) is 1. The lowest BCUT2D eigenvalue weighted by Crippen LogP contribution is -2.50. The van der Waals surface area contributed by atoms with Crippen LogP contribution in [0.15, 0.2) is 11.4 Å². The Kier molecular flexibility index (Phi) is 3.23. The average molecular weight is 333 g/mol. The van der Waals surface area contributed by atoms with Crippen LogP contribution in [0.25, 0.3) is 0 Å². The van der Waals surface area contributed by atoms with Crippen molar-refractivity contribution in [2.45, 2.75) is 56.7 Å². The third kappa shape index (κ3) is 2.17. The highest BCUT2D eigenvalue weighted by molar-refractivity contribution is 7.10. The van der Waals surface area contributed by atoms with Crippen molar-refractivity contribution < 1.29 is 14.4 Å². The summed E-state index contributed by atoms with van der Waals surface area (Å²) in [6.45, 7) is 1.62. The Morgan fingerprint density at radius 1 is 1.48 bits per heavy atom. The molecule has 0 radical (unpaired) electrons. The number of carbonyl (C=O) groups is 3. The Bertz CT molecular complexity index is 696. The van der Waals surface area contributed by atoms with Gasteiger partial charge in [-0.15, -0.1) is 11.3 Å². The van der Waals surface area contributed by atoms with E-state index in [0.29, 0.717) is 6.42 Å². The minimum atomic E-state index is -0.973. The molecule has 2 atom stereocenters. The van der Waals surface area contributed by atoms with Crippen LogP contribution in [0.2, 0.25) is 0 Å². The number of hydrogen-bond donors (Lipinski definition) is 2. The second-order valence-corrected chi connectivity index (χ2v) is 7.58. The van der Waals surface area contributed by atoms with Crippen molar-refractivity contribution in [1.29, 1.82) is 0 Å². The Balaban J connectivity index is 1.63. The molecule has 2 N–H and O–H groups in total. The van der Waals surface area contributed by atoms with Crippen molar-refractivity contribution in [2.75, 3.05) is 0 Å². The van der Waals surface area contributed by atoms with Crippen molar-refractivity contribution in [2.24, 2.45) is 0 Å². The van der Waals surface area contributed by atoms with E-state index in [1.807, 2.05) is 11.4 Å². The van der Waals surface area contributed by atoms with Crippen LogP contribution in [0.5, 0.6) is 0 Å². The third-order valence-corrected chi connectivity index (χ3v) is 5.96. The van der Waals surface area contributed by atoms with E-state index >= 15 is 0 Å². The second-order valence-electron chi connectivity index (χ2n) is 6.58. The Morgan fingerprint density at radius 3 is 3.00 bits per heavy atom. The van der Waals surface area contributed by atoms with E-state index < -0.39 is 17.6 Å². The largest absolute Gasteiger partial charge is 0.352 e. The molecular formula is C16H19N3O3S. The van der Waals surface area contributed by atoms with E-state index in [-0.39, 0.29) is 17.9 Å². The Morgan fingerprint density at radius 2 is 2.26 bits per heavy atom. The zero-order valence-corrected chi connectivity index (χ0v) is 13.7. The Hall–Kier alpha value is -1.89. The topological polar surface area (TPSA) is 78.5 Å². The molecule has 0 bridgehead atoms. The number of hydrogen-bond acceptors (Lipinski definition) is 4. The summed E-state index contributed by atoms with van der Waals surface area (Å²) in [5.41, 5.74) is -0.0666. The molecule has 23 heavy (non-hydrogen) atoms. The molecule has 0 aromatic carbocycles. The van der Waals surface area contributed by atoms with Crippen LogP contribution < -0.4 is 10.6 Å². The molecule has 7 heteroatoms. The van der Waals surface area contributed by atoms with Crippen LogP contribution in [-0.4, -0.2) is 34.8 Å². The molecule has 4 amide bonds. The summed E-state index contributed by atoms with van der Waals surface area (Å²) >= 11 is 1.62. The number of imide groups is 1. The second kappa shape index (κ2) is 5.06. The number of aryl methyl sites for hydroxylation is 1. The van der Waals surface area contributed by atoms with Gasteiger partial charge < -0.3 is 10.6 Å². The first-order valence-electron chi connectivity index (χ1n) is 8.06. The number of nitrogens with one attached hydrogen (secondary N) is 2. The van der Waals surface area contributed by atoms with Crippen LogP contribution in [0.3, 0.4) is 0 Å². The zero-order chi connectivity index (χ0) is 16.2. The SMILES string of the molecule is CC(C(=O)NC1CC1)N1C(=O)NC2(CCCc3sccc32)C1=O. The summed E-state index contributed by atoms with van der Waals surface area (Å²) in [4.78, 5) is 40.0. The molecule has 122 valence electrons. The number of carbonyl (C=O) groups excluding carboxylic acids is 3. The summed E-state index contributed by atoms with van der Waals surface area (Å²) in [7, 11) is 0. The van der Waals surface area contributed by atoms with Crippen LogP contribution >= 0.6 is 11.3 Å². The number of thiophene rings is 1. The standard InChI is InChI=1S/C16H19N3O3S/c1-9(13(20)17-10-4-5-10)19-14(21)16(18-15(19)22)7-2-3-12-11(16)6-8-23-12/h6,8-10H,2-5,7H2,1H3,(H,17,20)(H,18,22). The maximum absolute atomic E-state index is 13.1. The van der Waals surface area contributed by atoms with Gasteiger partial charge in [-0.1, -0.05) is 0 Å². The zero-order valence-electron chi connectivity index (χ0n) is 12.9. The van der Waals surface area contributed by atoms with E-state index in [4.69, 9.17) is 0 Å². The van der Waals surface area contributed by atoms with E-state index in [1.54, 1.807) is 18.3 Å². The Labute approximate surface area is 138 Å². The molecule has 2 aliphatic carbocycles. The fourth-order valence-electron chi connectivity index (χ4n) is 3.53. The maximum atomic E-state index is 13.1. The molecule has 1 aliphatic heterocycles. The van der Waals surface area contributed by atoms with Gasteiger partial charge in [0.25, 0.3) is 5.91 Å². The molecule has 2 fully saturated rings. The van der Waals surface area contributed by atoms with Gasteiger partial charge in [-0.2, -0.15) is 0 Å². The number of amides is 4. The highest BCUT2D eigenvalue weighted by atomic mass is 32.1. The molecule has 1 saturated carbocycles. The summed E-state index contributed by atoms with van der Waals surface area (Å²) in [5.74, 6) is -0.547. The van der Waals surface area contributed by atoms with Gasteiger partial charge in [0.1, 0.15) is 11.6 Å². The molecule has 3 aliphatic rings. The number of fused-ring (bicyclic) bond motifs is 2. The van der Waals surface area contributed by atoms with Gasteiger partial charge >= 0.3 is 6.03 Å². The highest BCUT2D eigenvalue weighted by Gasteiger charge is 2.56. The van der Waals surface area contributed by atoms with E-state index in [9.17, 15) is 14.4 Å². The first-order chi connectivity index (χ1) is 11.0. The lowest BCUT2D eigenvalue weighted by atomic mass is 9.80. The fourth-order valence-corrected chi connectivity index (χ4v) is 4.53. The minimum Gasteiger partial charge on any atom is -0.352 e. The van der Waals surface area contributed by atoms with Crippen molar-refractivity contribution in [3.05, 3.63) is 21.9 Å². The smallest absolute Gasteiger partial charge is 0.326 e. The monoisotopic (exact) mass is 333 g/mol. The molecule has 1 saturated heterocycles. The first-order valence-corrected chi connectivity index (χ1v) is 8.94. The summed E-state index contributed by atoms with van der Waals surface area (Å²) in [5, 5.41) is 7.71. The lowest BCUT2D eigenvalue weighted by molar-refractivity contribution is -0.138. The van der Waals surface area contributed by atoms with Crippen molar-refractivity contribution in [3.8, 4) is 0 Å². The van der Waals surface area contributed by atoms with E-state index in [1.165, 1.54) is 0 Å². The van der Waals surface area contributed by atoms with Crippen molar-refractivity contribution in [3.63, 3.8) is 0 Å². The molecule has 1 aromatic rings. The lowest BCUT2D eigenvalue weighted by Gasteiger charge is -2.31. The molecule has 1 spiro atoms. The number of urea groups is 1. The highest BCUT2D eigenvalue weighted by Crippen LogP contribution is 2.42. The molecule has 6 nitrogen and oxygen atoms in total. The van der Waals surface area contributed by atoms with Gasteiger partial charge in [-0.05, 0) is 50.5 Å². The molecule has 4 rings (SSSR count). The van der Waals surface area contributed by atoms with Crippen LogP contribution in [0.1, 0.15) is 43.0 Å². The molecule has 1 aromatic heterocycles. The van der Waals surface area contributed by atoms with Gasteiger partial charge in [0.05, 0.1) is 0 Å². The van der Waals surface area contributed by atoms with Gasteiger partial charge in [0, 0.05) is 16.5 Å². The summed E-state index contributed by atoms with van der Waals surface area (Å²) in [6.07, 6.45) is 4.34.